The number of hydrogen-bond acceptors (Lipinski definition) is 13. The van der Waals surface area contributed by atoms with Crippen LogP contribution in [0.25, 0.3) is 0 Å². The van der Waals surface area contributed by atoms with E-state index in [4.69, 9.17) is 52.1 Å². The Bertz CT molecular complexity index is 2260. The monoisotopic (exact) mass is 983 g/mol. The van der Waals surface area contributed by atoms with Crippen molar-refractivity contribution >= 4 is 11.9 Å². The minimum Gasteiger partial charge on any atom is -0.497 e. The molecule has 6 heterocycles. The van der Waals surface area contributed by atoms with Gasteiger partial charge in [-0.1, -0.05) is 102 Å². The van der Waals surface area contributed by atoms with Crippen LogP contribution in [0, 0.1) is 35.5 Å². The summed E-state index contributed by atoms with van der Waals surface area (Å²) in [6, 6.07) is 26.5. The Morgan fingerprint density at radius 2 is 1.54 bits per heavy atom. The number of carbonyl (C=O) groups is 2. The Morgan fingerprint density at radius 1 is 0.817 bits per heavy atom. The van der Waals surface area contributed by atoms with Gasteiger partial charge in [0, 0.05) is 43.3 Å². The van der Waals surface area contributed by atoms with Crippen LogP contribution in [-0.4, -0.2) is 98.3 Å². The summed E-state index contributed by atoms with van der Waals surface area (Å²) in [5.41, 5.74) is 1.08. The quantitative estimate of drug-likeness (QED) is 0.134. The molecule has 6 aliphatic rings. The molecule has 0 unspecified atom stereocenters. The zero-order chi connectivity index (χ0) is 50.3. The Labute approximate surface area is 421 Å². The maximum absolute atomic E-state index is 13.8. The summed E-state index contributed by atoms with van der Waals surface area (Å²) in [6.45, 7) is 17.5. The van der Waals surface area contributed by atoms with E-state index < -0.39 is 59.3 Å². The average molecular weight is 983 g/mol. The van der Waals surface area contributed by atoms with E-state index in [2.05, 4.69) is 41.5 Å². The molecule has 388 valence electrons. The van der Waals surface area contributed by atoms with Crippen molar-refractivity contribution in [3.63, 3.8) is 0 Å². The third-order valence-corrected chi connectivity index (χ3v) is 17.4. The van der Waals surface area contributed by atoms with Gasteiger partial charge in [0.25, 0.3) is 0 Å². The number of rotatable bonds is 15. The maximum atomic E-state index is 13.8. The molecule has 9 rings (SSSR count). The lowest BCUT2D eigenvalue weighted by Crippen LogP contribution is -2.57. The van der Waals surface area contributed by atoms with Crippen molar-refractivity contribution in [3.8, 4) is 5.75 Å². The van der Waals surface area contributed by atoms with Crippen molar-refractivity contribution in [3.05, 3.63) is 102 Å². The third-order valence-electron chi connectivity index (χ3n) is 17.4. The molecule has 6 saturated heterocycles. The van der Waals surface area contributed by atoms with Crippen molar-refractivity contribution in [1.29, 1.82) is 0 Å². The molecule has 3 aromatic carbocycles. The molecule has 0 N–H and O–H groups in total. The van der Waals surface area contributed by atoms with Crippen LogP contribution in [-0.2, 0) is 58.8 Å². The number of hydrogen-bond donors (Lipinski definition) is 0. The summed E-state index contributed by atoms with van der Waals surface area (Å²) < 4.78 is 73.0. The zero-order valence-corrected chi connectivity index (χ0v) is 43.5. The molecule has 2 spiro atoms. The van der Waals surface area contributed by atoms with Crippen LogP contribution in [0.4, 0.5) is 0 Å². The molecule has 3 aromatic rings. The number of ether oxygens (including phenoxy) is 11. The van der Waals surface area contributed by atoms with Crippen molar-refractivity contribution in [2.75, 3.05) is 20.8 Å². The largest absolute Gasteiger partial charge is 0.497 e. The van der Waals surface area contributed by atoms with Crippen LogP contribution < -0.4 is 4.74 Å². The van der Waals surface area contributed by atoms with Gasteiger partial charge in [0.15, 0.2) is 17.9 Å². The van der Waals surface area contributed by atoms with Crippen LogP contribution in [0.2, 0.25) is 0 Å². The molecule has 0 aliphatic carbocycles. The molecule has 0 aromatic heterocycles. The summed E-state index contributed by atoms with van der Waals surface area (Å²) in [4.78, 5) is 27.4. The SMILES string of the molecule is CC[C@@]1([C@@H]2O[C@H]([C@H]3O[C@@]4(CO[C@H](c5ccc(OC)cc5)O4)[C@H](C)C[C@@H]3C)C[C@@H]2C)CC[C@H]([C@@]2(C)CC[C@]3(C[C@H](OC(=O)c4ccccc4)[C@@H](C)[C@@H]([C@@H](C)[C@@H](OC)[C@H](C)C(=O)OCc4ccccc4)O3)O2)O1. The van der Waals surface area contributed by atoms with Crippen LogP contribution in [0.15, 0.2) is 84.9 Å². The fourth-order valence-corrected chi connectivity index (χ4v) is 13.2. The molecule has 18 atom stereocenters. The van der Waals surface area contributed by atoms with Gasteiger partial charge >= 0.3 is 11.9 Å². The van der Waals surface area contributed by atoms with E-state index in [1.807, 2.05) is 86.6 Å². The molecule has 6 fully saturated rings. The summed E-state index contributed by atoms with van der Waals surface area (Å²) in [5.74, 6) is -2.52. The molecule has 0 saturated carbocycles. The number of esters is 2. The first-order chi connectivity index (χ1) is 34.0. The van der Waals surface area contributed by atoms with E-state index in [0.29, 0.717) is 31.4 Å². The van der Waals surface area contributed by atoms with E-state index in [-0.39, 0.29) is 66.6 Å². The van der Waals surface area contributed by atoms with E-state index in [1.165, 1.54) is 0 Å². The zero-order valence-electron chi connectivity index (χ0n) is 43.5. The highest BCUT2D eigenvalue weighted by Crippen LogP contribution is 2.56. The summed E-state index contributed by atoms with van der Waals surface area (Å²) in [7, 11) is 3.28. The lowest BCUT2D eigenvalue weighted by Gasteiger charge is -2.49. The predicted molar refractivity (Wildman–Crippen MR) is 264 cm³/mol. The van der Waals surface area contributed by atoms with E-state index in [9.17, 15) is 9.59 Å². The normalized spacial score (nSPS) is 39.3. The topological polar surface area (TPSA) is 136 Å². The lowest BCUT2D eigenvalue weighted by molar-refractivity contribution is -0.335. The fraction of sp³-hybridized carbons (Fsp3) is 0.655. The van der Waals surface area contributed by atoms with Gasteiger partial charge in [-0.15, -0.1) is 0 Å². The number of methoxy groups -OCH3 is 2. The first-order valence-electron chi connectivity index (χ1n) is 26.4. The summed E-state index contributed by atoms with van der Waals surface area (Å²) in [5, 5.41) is 0. The highest BCUT2D eigenvalue weighted by atomic mass is 16.8. The van der Waals surface area contributed by atoms with Crippen LogP contribution in [0.3, 0.4) is 0 Å². The molecular formula is C58H78O13. The molecule has 0 amide bonds. The van der Waals surface area contributed by atoms with Gasteiger partial charge in [-0.3, -0.25) is 4.79 Å². The van der Waals surface area contributed by atoms with Crippen molar-refractivity contribution in [2.24, 2.45) is 35.5 Å². The van der Waals surface area contributed by atoms with Gasteiger partial charge in [-0.2, -0.15) is 0 Å². The predicted octanol–water partition coefficient (Wildman–Crippen LogP) is 10.6. The number of benzene rings is 3. The minimum atomic E-state index is -1.08. The van der Waals surface area contributed by atoms with E-state index in [0.717, 1.165) is 49.0 Å². The van der Waals surface area contributed by atoms with Crippen LogP contribution >= 0.6 is 0 Å². The van der Waals surface area contributed by atoms with Crippen LogP contribution in [0.1, 0.15) is 135 Å². The molecule has 71 heavy (non-hydrogen) atoms. The van der Waals surface area contributed by atoms with Gasteiger partial charge in [0.1, 0.15) is 25.1 Å². The fourth-order valence-electron chi connectivity index (χ4n) is 13.2. The molecule has 0 bridgehead atoms. The van der Waals surface area contributed by atoms with E-state index >= 15 is 0 Å². The Morgan fingerprint density at radius 3 is 2.23 bits per heavy atom. The third kappa shape index (κ3) is 10.3. The van der Waals surface area contributed by atoms with Crippen molar-refractivity contribution < 1.29 is 61.7 Å². The molecule has 6 aliphatic heterocycles. The lowest BCUT2D eigenvalue weighted by atomic mass is 9.78. The summed E-state index contributed by atoms with van der Waals surface area (Å²) >= 11 is 0. The second kappa shape index (κ2) is 21.1. The van der Waals surface area contributed by atoms with Gasteiger partial charge in [-0.05, 0) is 94.0 Å². The minimum absolute atomic E-state index is 0.128. The molecule has 0 radical (unpaired) electrons. The second-order valence-corrected chi connectivity index (χ2v) is 22.1. The molecule has 13 nitrogen and oxygen atoms in total. The molecular weight excluding hydrogens is 905 g/mol. The Kier molecular flexibility index (Phi) is 15.5. The second-order valence-electron chi connectivity index (χ2n) is 22.1. The summed E-state index contributed by atoms with van der Waals surface area (Å²) in [6.07, 6.45) is 2.94. The van der Waals surface area contributed by atoms with Gasteiger partial charge in [0.2, 0.25) is 0 Å². The van der Waals surface area contributed by atoms with Gasteiger partial charge < -0.3 is 52.1 Å². The van der Waals surface area contributed by atoms with Gasteiger partial charge in [-0.25, -0.2) is 4.79 Å². The number of carbonyl (C=O) groups excluding carboxylic acids is 2. The Hall–Kier alpha value is -3.92. The highest BCUT2D eigenvalue weighted by Gasteiger charge is 2.63. The van der Waals surface area contributed by atoms with Gasteiger partial charge in [0.05, 0.1) is 66.4 Å². The Balaban J connectivity index is 0.894. The molecule has 13 heteroatoms. The maximum Gasteiger partial charge on any atom is 0.338 e. The smallest absolute Gasteiger partial charge is 0.338 e. The average Bonchev–Trinajstić information content (AvgIpc) is 4.19. The first-order valence-corrected chi connectivity index (χ1v) is 26.4. The van der Waals surface area contributed by atoms with E-state index in [1.54, 1.807) is 26.4 Å². The van der Waals surface area contributed by atoms with Crippen molar-refractivity contribution in [1.82, 2.24) is 0 Å². The highest BCUT2D eigenvalue weighted by molar-refractivity contribution is 5.89. The first kappa shape index (κ1) is 52.0. The standard InChI is InChI=1S/C58H78O13/c1-11-56(51-36(3)31-45(65-51)48-35(2)30-37(4)58(69-48)34-64-54(70-58)43-22-24-44(61-9)25-23-43)27-26-47(67-56)55(8)28-29-57(71-55)32-46(66-53(60)42-20-16-13-17-21-42)38(5)50(68-57)39(6)49(62-10)40(7)52(59)63-33-41-18-14-12-15-19-41/h12-25,35-40,45-51,54H,11,26-34H2,1-10H3/t35-,36-,37+,38+,39-,40-,45-,46-,47+,48-,49+,50-,51+,54-,55+,56-,57+,58+/m0/s1. The van der Waals surface area contributed by atoms with Crippen molar-refractivity contribution in [2.45, 2.75) is 185 Å². The van der Waals surface area contributed by atoms with Crippen LogP contribution in [0.5, 0.6) is 5.75 Å².